The van der Waals surface area contributed by atoms with E-state index in [1.54, 1.807) is 12.1 Å². The van der Waals surface area contributed by atoms with Crippen molar-refractivity contribution in [1.82, 2.24) is 0 Å². The molecule has 1 aromatic heterocycles. The molecule has 92 valence electrons. The highest BCUT2D eigenvalue weighted by molar-refractivity contribution is 5.64. The normalized spacial score (nSPS) is 10.3. The van der Waals surface area contributed by atoms with Gasteiger partial charge in [0.05, 0.1) is 11.0 Å². The standard InChI is InChI=1S/C13H12FN2O2/c1-2-15-7-5-10(6-8-15)12-4-3-11(16(17)18)9-13(12)14/h3-9H,2H2,1H3/q+1. The van der Waals surface area contributed by atoms with Crippen molar-refractivity contribution < 1.29 is 13.9 Å². The molecule has 0 aliphatic rings. The summed E-state index contributed by atoms with van der Waals surface area (Å²) in [4.78, 5) is 9.91. The molecule has 1 heterocycles. The number of hydrogen-bond donors (Lipinski definition) is 0. The van der Waals surface area contributed by atoms with Gasteiger partial charge in [0.1, 0.15) is 12.4 Å². The number of halogens is 1. The Balaban J connectivity index is 2.41. The van der Waals surface area contributed by atoms with Crippen LogP contribution in [0.1, 0.15) is 6.92 Å². The van der Waals surface area contributed by atoms with Crippen LogP contribution in [0, 0.1) is 15.9 Å². The highest BCUT2D eigenvalue weighted by Gasteiger charge is 2.12. The molecule has 0 atom stereocenters. The molecule has 18 heavy (non-hydrogen) atoms. The van der Waals surface area contributed by atoms with Crippen molar-refractivity contribution in [2.45, 2.75) is 13.5 Å². The van der Waals surface area contributed by atoms with E-state index in [2.05, 4.69) is 0 Å². The topological polar surface area (TPSA) is 47.0 Å². The summed E-state index contributed by atoms with van der Waals surface area (Å²) in [6, 6.07) is 7.25. The first-order chi connectivity index (χ1) is 8.61. The van der Waals surface area contributed by atoms with Crippen LogP contribution in [0.25, 0.3) is 11.1 Å². The number of benzene rings is 1. The van der Waals surface area contributed by atoms with Crippen LogP contribution in [0.2, 0.25) is 0 Å². The number of nitrogens with zero attached hydrogens (tertiary/aromatic N) is 2. The molecule has 0 aliphatic heterocycles. The Morgan fingerprint density at radius 2 is 1.94 bits per heavy atom. The van der Waals surface area contributed by atoms with Gasteiger partial charge < -0.3 is 0 Å². The second-order valence-corrected chi connectivity index (χ2v) is 3.84. The fraction of sp³-hybridized carbons (Fsp3) is 0.154. The lowest BCUT2D eigenvalue weighted by Crippen LogP contribution is -2.30. The summed E-state index contributed by atoms with van der Waals surface area (Å²) >= 11 is 0. The monoisotopic (exact) mass is 247 g/mol. The van der Waals surface area contributed by atoms with Gasteiger partial charge in [-0.3, -0.25) is 10.1 Å². The molecule has 0 aliphatic carbocycles. The molecule has 0 N–H and O–H groups in total. The molecule has 4 nitrogen and oxygen atoms in total. The van der Waals surface area contributed by atoms with E-state index in [-0.39, 0.29) is 5.69 Å². The Labute approximate surface area is 103 Å². The van der Waals surface area contributed by atoms with Crippen molar-refractivity contribution in [1.29, 1.82) is 0 Å². The van der Waals surface area contributed by atoms with Crippen LogP contribution in [-0.4, -0.2) is 4.92 Å². The van der Waals surface area contributed by atoms with Crippen molar-refractivity contribution in [3.05, 3.63) is 58.7 Å². The quantitative estimate of drug-likeness (QED) is 0.475. The van der Waals surface area contributed by atoms with Gasteiger partial charge in [-0.1, -0.05) is 0 Å². The van der Waals surface area contributed by atoms with Gasteiger partial charge in [-0.2, -0.15) is 0 Å². The van der Waals surface area contributed by atoms with E-state index in [9.17, 15) is 14.5 Å². The number of aryl methyl sites for hydroxylation is 1. The number of nitro groups is 1. The van der Waals surface area contributed by atoms with Crippen LogP contribution in [0.4, 0.5) is 10.1 Å². The zero-order valence-electron chi connectivity index (χ0n) is 9.84. The molecule has 0 bridgehead atoms. The van der Waals surface area contributed by atoms with E-state index in [0.29, 0.717) is 11.1 Å². The lowest BCUT2D eigenvalue weighted by molar-refractivity contribution is -0.693. The van der Waals surface area contributed by atoms with Gasteiger partial charge >= 0.3 is 0 Å². The van der Waals surface area contributed by atoms with E-state index in [4.69, 9.17) is 0 Å². The van der Waals surface area contributed by atoms with Gasteiger partial charge in [0, 0.05) is 23.8 Å². The largest absolute Gasteiger partial charge is 0.272 e. The molecule has 0 saturated heterocycles. The molecule has 1 aromatic carbocycles. The van der Waals surface area contributed by atoms with Gasteiger partial charge in [-0.05, 0) is 18.6 Å². The SMILES string of the molecule is CC[n+]1ccc(-c2ccc([N+](=O)[O-])cc2F)cc1. The van der Waals surface area contributed by atoms with Crippen molar-refractivity contribution in [2.24, 2.45) is 0 Å². The van der Waals surface area contributed by atoms with Gasteiger partial charge in [-0.25, -0.2) is 8.96 Å². The van der Waals surface area contributed by atoms with Crippen molar-refractivity contribution in [3.63, 3.8) is 0 Å². The Morgan fingerprint density at radius 1 is 1.28 bits per heavy atom. The molecular formula is C13H12FN2O2+. The van der Waals surface area contributed by atoms with Crippen LogP contribution in [0.15, 0.2) is 42.7 Å². The van der Waals surface area contributed by atoms with Crippen LogP contribution >= 0.6 is 0 Å². The van der Waals surface area contributed by atoms with Gasteiger partial charge in [0.15, 0.2) is 12.4 Å². The van der Waals surface area contributed by atoms with Crippen LogP contribution in [0.5, 0.6) is 0 Å². The average Bonchev–Trinajstić information content (AvgIpc) is 2.38. The Kier molecular flexibility index (Phi) is 3.32. The van der Waals surface area contributed by atoms with E-state index in [0.717, 1.165) is 12.6 Å². The first-order valence-electron chi connectivity index (χ1n) is 5.55. The molecule has 0 fully saturated rings. The number of hydrogen-bond acceptors (Lipinski definition) is 2. The Hall–Kier alpha value is -2.30. The zero-order valence-corrected chi connectivity index (χ0v) is 9.84. The first kappa shape index (κ1) is 12.2. The van der Waals surface area contributed by atoms with Crippen molar-refractivity contribution >= 4 is 5.69 Å². The maximum atomic E-state index is 13.8. The van der Waals surface area contributed by atoms with E-state index in [1.165, 1.54) is 12.1 Å². The summed E-state index contributed by atoms with van der Waals surface area (Å²) in [6.07, 6.45) is 3.69. The molecule has 0 saturated carbocycles. The van der Waals surface area contributed by atoms with E-state index < -0.39 is 10.7 Å². The highest BCUT2D eigenvalue weighted by Crippen LogP contribution is 2.25. The lowest BCUT2D eigenvalue weighted by Gasteiger charge is -2.02. The third kappa shape index (κ3) is 2.34. The van der Waals surface area contributed by atoms with Crippen LogP contribution in [-0.2, 0) is 6.54 Å². The summed E-state index contributed by atoms with van der Waals surface area (Å²) in [5.41, 5.74) is 0.826. The second-order valence-electron chi connectivity index (χ2n) is 3.84. The van der Waals surface area contributed by atoms with Gasteiger partial charge in [0.25, 0.3) is 5.69 Å². The predicted octanol–water partition coefficient (Wildman–Crippen LogP) is 2.71. The third-order valence-corrected chi connectivity index (χ3v) is 2.73. The number of nitro benzene ring substituents is 1. The fourth-order valence-electron chi connectivity index (χ4n) is 1.70. The lowest BCUT2D eigenvalue weighted by atomic mass is 10.1. The maximum absolute atomic E-state index is 13.8. The summed E-state index contributed by atoms with van der Waals surface area (Å²) in [5, 5.41) is 10.5. The number of aromatic nitrogens is 1. The van der Waals surface area contributed by atoms with Crippen molar-refractivity contribution in [2.75, 3.05) is 0 Å². The first-order valence-corrected chi connectivity index (χ1v) is 5.55. The molecule has 2 aromatic rings. The number of rotatable bonds is 3. The molecule has 0 amide bonds. The third-order valence-electron chi connectivity index (χ3n) is 2.73. The molecule has 0 spiro atoms. The minimum Gasteiger partial charge on any atom is -0.258 e. The van der Waals surface area contributed by atoms with Gasteiger partial charge in [0.2, 0.25) is 0 Å². The summed E-state index contributed by atoms with van der Waals surface area (Å²) in [7, 11) is 0. The van der Waals surface area contributed by atoms with Gasteiger partial charge in [-0.15, -0.1) is 0 Å². The summed E-state index contributed by atoms with van der Waals surface area (Å²) in [6.45, 7) is 2.84. The molecule has 0 unspecified atom stereocenters. The van der Waals surface area contributed by atoms with E-state index in [1.807, 2.05) is 23.9 Å². The summed E-state index contributed by atoms with van der Waals surface area (Å²) < 4.78 is 15.7. The molecular weight excluding hydrogens is 235 g/mol. The smallest absolute Gasteiger partial charge is 0.258 e. The average molecular weight is 247 g/mol. The molecule has 5 heteroatoms. The number of pyridine rings is 1. The molecule has 2 rings (SSSR count). The predicted molar refractivity (Wildman–Crippen MR) is 64.4 cm³/mol. The minimum absolute atomic E-state index is 0.240. The maximum Gasteiger partial charge on any atom is 0.272 e. The van der Waals surface area contributed by atoms with E-state index >= 15 is 0 Å². The fourth-order valence-corrected chi connectivity index (χ4v) is 1.70. The Morgan fingerprint density at radius 3 is 2.44 bits per heavy atom. The number of non-ortho nitro benzene ring substituents is 1. The summed E-state index contributed by atoms with van der Waals surface area (Å²) in [5.74, 6) is -0.585. The highest BCUT2D eigenvalue weighted by atomic mass is 19.1. The zero-order chi connectivity index (χ0) is 13.1. The minimum atomic E-state index is -0.608. The second kappa shape index (κ2) is 4.91. The Bertz CT molecular complexity index is 582. The van der Waals surface area contributed by atoms with Crippen LogP contribution < -0.4 is 4.57 Å². The van der Waals surface area contributed by atoms with Crippen molar-refractivity contribution in [3.8, 4) is 11.1 Å². The molecule has 0 radical (unpaired) electrons. The van der Waals surface area contributed by atoms with Crippen LogP contribution in [0.3, 0.4) is 0 Å².